The fourth-order valence-corrected chi connectivity index (χ4v) is 3.19. The zero-order chi connectivity index (χ0) is 15.3. The van der Waals surface area contributed by atoms with Crippen molar-refractivity contribution in [2.45, 2.75) is 31.2 Å². The van der Waals surface area contributed by atoms with E-state index >= 15 is 0 Å². The zero-order valence-corrected chi connectivity index (χ0v) is 13.6. The predicted molar refractivity (Wildman–Crippen MR) is 79.4 cm³/mol. The van der Waals surface area contributed by atoms with Gasteiger partial charge in [-0.15, -0.1) is 0 Å². The molecule has 0 spiro atoms. The number of carbonyl (C=O) groups excluding carboxylic acids is 1. The van der Waals surface area contributed by atoms with Crippen LogP contribution in [0.15, 0.2) is 21.6 Å². The van der Waals surface area contributed by atoms with Crippen LogP contribution in [0, 0.1) is 0 Å². The summed E-state index contributed by atoms with van der Waals surface area (Å²) < 4.78 is 27.1. The molecule has 1 heterocycles. The van der Waals surface area contributed by atoms with E-state index in [0.29, 0.717) is 11.0 Å². The molecule has 20 heavy (non-hydrogen) atoms. The number of nitrogen functional groups attached to an aromatic ring is 1. The summed E-state index contributed by atoms with van der Waals surface area (Å²) in [4.78, 5) is 15.3. The van der Waals surface area contributed by atoms with Crippen LogP contribution in [0.2, 0.25) is 0 Å². The Hall–Kier alpha value is -1.19. The van der Waals surface area contributed by atoms with Crippen molar-refractivity contribution in [2.75, 3.05) is 12.3 Å². The van der Waals surface area contributed by atoms with Crippen molar-refractivity contribution in [1.29, 1.82) is 0 Å². The van der Waals surface area contributed by atoms with Crippen molar-refractivity contribution in [2.24, 2.45) is 0 Å². The topological polar surface area (TPSA) is 114 Å². The van der Waals surface area contributed by atoms with Gasteiger partial charge in [0, 0.05) is 17.2 Å². The van der Waals surface area contributed by atoms with E-state index in [0.717, 1.165) is 6.42 Å². The SMILES string of the molecule is CCCNC(=O)C(C)NS(=O)(=O)c1cc(Br)cnc1N. The van der Waals surface area contributed by atoms with Gasteiger partial charge in [0.25, 0.3) is 0 Å². The Kier molecular flexibility index (Phi) is 5.90. The van der Waals surface area contributed by atoms with Crippen molar-refractivity contribution < 1.29 is 13.2 Å². The number of rotatable bonds is 6. The van der Waals surface area contributed by atoms with E-state index in [1.165, 1.54) is 19.2 Å². The van der Waals surface area contributed by atoms with Gasteiger partial charge in [-0.1, -0.05) is 6.92 Å². The molecule has 1 aromatic heterocycles. The van der Waals surface area contributed by atoms with Crippen molar-refractivity contribution in [1.82, 2.24) is 15.0 Å². The van der Waals surface area contributed by atoms with Gasteiger partial charge in [0.2, 0.25) is 15.9 Å². The highest BCUT2D eigenvalue weighted by atomic mass is 79.9. The fourth-order valence-electron chi connectivity index (χ4n) is 1.40. The van der Waals surface area contributed by atoms with Crippen LogP contribution in [0.1, 0.15) is 20.3 Å². The van der Waals surface area contributed by atoms with Gasteiger partial charge < -0.3 is 11.1 Å². The van der Waals surface area contributed by atoms with Gasteiger partial charge in [0.15, 0.2) is 0 Å². The van der Waals surface area contributed by atoms with E-state index in [-0.39, 0.29) is 10.7 Å². The first-order valence-corrected chi connectivity index (χ1v) is 8.26. The van der Waals surface area contributed by atoms with Crippen LogP contribution in [0.4, 0.5) is 5.82 Å². The molecule has 0 fully saturated rings. The average Bonchev–Trinajstić information content (AvgIpc) is 2.38. The number of amides is 1. The van der Waals surface area contributed by atoms with E-state index in [2.05, 4.69) is 31.0 Å². The summed E-state index contributed by atoms with van der Waals surface area (Å²) in [5.41, 5.74) is 5.56. The molecule has 1 rings (SSSR count). The van der Waals surface area contributed by atoms with Crippen LogP contribution in [-0.4, -0.2) is 31.9 Å². The highest BCUT2D eigenvalue weighted by Crippen LogP contribution is 2.20. The predicted octanol–water partition coefficient (Wildman–Crippen LogP) is 0.619. The molecule has 1 aromatic rings. The minimum atomic E-state index is -3.91. The fraction of sp³-hybridized carbons (Fsp3) is 0.455. The standard InChI is InChI=1S/C11H17BrN4O3S/c1-3-4-14-11(17)7(2)16-20(18,19)9-5-8(12)6-15-10(9)13/h5-7,16H,3-4H2,1-2H3,(H2,13,15)(H,14,17). The first-order valence-electron chi connectivity index (χ1n) is 5.99. The molecule has 0 aliphatic carbocycles. The summed E-state index contributed by atoms with van der Waals surface area (Å²) in [5.74, 6) is -0.515. The second-order valence-electron chi connectivity index (χ2n) is 4.17. The van der Waals surface area contributed by atoms with Gasteiger partial charge in [0.1, 0.15) is 10.7 Å². The molecule has 0 aromatic carbocycles. The summed E-state index contributed by atoms with van der Waals surface area (Å²) in [6.45, 7) is 3.86. The summed E-state index contributed by atoms with van der Waals surface area (Å²) in [6.07, 6.45) is 2.17. The Morgan fingerprint density at radius 1 is 1.55 bits per heavy atom. The van der Waals surface area contributed by atoms with Crippen molar-refractivity contribution in [3.8, 4) is 0 Å². The number of halogens is 1. The summed E-state index contributed by atoms with van der Waals surface area (Å²) >= 11 is 3.13. The third-order valence-electron chi connectivity index (χ3n) is 2.41. The Labute approximate surface area is 126 Å². The molecule has 1 atom stereocenters. The van der Waals surface area contributed by atoms with Gasteiger partial charge in [0.05, 0.1) is 6.04 Å². The number of hydrogen-bond acceptors (Lipinski definition) is 5. The molecule has 4 N–H and O–H groups in total. The minimum absolute atomic E-state index is 0.123. The van der Waals surface area contributed by atoms with Crippen molar-refractivity contribution in [3.63, 3.8) is 0 Å². The first kappa shape index (κ1) is 16.9. The van der Waals surface area contributed by atoms with E-state index in [1.54, 1.807) is 0 Å². The van der Waals surface area contributed by atoms with Crippen LogP contribution in [-0.2, 0) is 14.8 Å². The van der Waals surface area contributed by atoms with Crippen LogP contribution in [0.3, 0.4) is 0 Å². The van der Waals surface area contributed by atoms with Gasteiger partial charge >= 0.3 is 0 Å². The molecular weight excluding hydrogens is 348 g/mol. The highest BCUT2D eigenvalue weighted by Gasteiger charge is 2.24. The second kappa shape index (κ2) is 7.00. The quantitative estimate of drug-likeness (QED) is 0.684. The first-order chi connectivity index (χ1) is 9.27. The Morgan fingerprint density at radius 3 is 2.80 bits per heavy atom. The number of nitrogens with one attached hydrogen (secondary N) is 2. The van der Waals surface area contributed by atoms with Gasteiger partial charge in [-0.25, -0.2) is 13.4 Å². The molecule has 0 radical (unpaired) electrons. The monoisotopic (exact) mass is 364 g/mol. The van der Waals surface area contributed by atoms with E-state index in [4.69, 9.17) is 5.73 Å². The van der Waals surface area contributed by atoms with E-state index < -0.39 is 22.0 Å². The molecule has 0 aliphatic rings. The molecule has 1 amide bonds. The molecule has 0 aliphatic heterocycles. The van der Waals surface area contributed by atoms with Crippen LogP contribution in [0.5, 0.6) is 0 Å². The van der Waals surface area contributed by atoms with E-state index in [9.17, 15) is 13.2 Å². The number of anilines is 1. The maximum atomic E-state index is 12.2. The average molecular weight is 365 g/mol. The van der Waals surface area contributed by atoms with Crippen molar-refractivity contribution in [3.05, 3.63) is 16.7 Å². The summed E-state index contributed by atoms with van der Waals surface area (Å²) in [6, 6.07) is 0.436. The second-order valence-corrected chi connectivity index (χ2v) is 6.77. The molecule has 9 heteroatoms. The zero-order valence-electron chi connectivity index (χ0n) is 11.2. The molecular formula is C11H17BrN4O3S. The van der Waals surface area contributed by atoms with Gasteiger partial charge in [-0.2, -0.15) is 4.72 Å². The van der Waals surface area contributed by atoms with Gasteiger partial charge in [-0.05, 0) is 35.3 Å². The van der Waals surface area contributed by atoms with Crippen molar-refractivity contribution >= 4 is 37.7 Å². The number of pyridine rings is 1. The lowest BCUT2D eigenvalue weighted by Gasteiger charge is -2.15. The molecule has 7 nitrogen and oxygen atoms in total. The van der Waals surface area contributed by atoms with Gasteiger partial charge in [-0.3, -0.25) is 4.79 Å². The Balaban J connectivity index is 2.89. The number of hydrogen-bond donors (Lipinski definition) is 3. The molecule has 0 saturated heterocycles. The lowest BCUT2D eigenvalue weighted by molar-refractivity contribution is -0.122. The van der Waals surface area contributed by atoms with Crippen LogP contribution < -0.4 is 15.8 Å². The third kappa shape index (κ3) is 4.43. The van der Waals surface area contributed by atoms with Crippen LogP contribution >= 0.6 is 15.9 Å². The molecule has 0 saturated carbocycles. The normalized spacial score (nSPS) is 12.9. The number of carbonyl (C=O) groups is 1. The minimum Gasteiger partial charge on any atom is -0.383 e. The maximum absolute atomic E-state index is 12.2. The Morgan fingerprint density at radius 2 is 2.20 bits per heavy atom. The summed E-state index contributed by atoms with van der Waals surface area (Å²) in [7, 11) is -3.91. The van der Waals surface area contributed by atoms with Crippen LogP contribution in [0.25, 0.3) is 0 Å². The number of nitrogens with two attached hydrogens (primary N) is 1. The third-order valence-corrected chi connectivity index (χ3v) is 4.42. The smallest absolute Gasteiger partial charge is 0.244 e. The largest absolute Gasteiger partial charge is 0.383 e. The van der Waals surface area contributed by atoms with E-state index in [1.807, 2.05) is 6.92 Å². The molecule has 1 unspecified atom stereocenters. The summed E-state index contributed by atoms with van der Waals surface area (Å²) in [5, 5.41) is 2.61. The number of sulfonamides is 1. The lowest BCUT2D eigenvalue weighted by Crippen LogP contribution is -2.45. The molecule has 0 bridgehead atoms. The lowest BCUT2D eigenvalue weighted by atomic mass is 10.3. The number of nitrogens with zero attached hydrogens (tertiary/aromatic N) is 1. The maximum Gasteiger partial charge on any atom is 0.244 e. The molecule has 112 valence electrons. The Bertz CT molecular complexity index is 591. The highest BCUT2D eigenvalue weighted by molar-refractivity contribution is 9.10. The number of aromatic nitrogens is 1.